The number of benzene rings is 2. The Labute approximate surface area is 165 Å². The van der Waals surface area contributed by atoms with Gasteiger partial charge >= 0.3 is 0 Å². The number of rotatable bonds is 2. The third-order valence-electron chi connectivity index (χ3n) is 3.47. The molecule has 1 heterocycles. The number of carbonyl (C=O) groups excluding carboxylic acids is 2. The number of phenols is 1. The van der Waals surface area contributed by atoms with Crippen LogP contribution < -0.4 is 10.2 Å². The molecule has 0 radical (unpaired) electrons. The summed E-state index contributed by atoms with van der Waals surface area (Å²) in [5.41, 5.74) is 1.08. The van der Waals surface area contributed by atoms with Crippen LogP contribution in [-0.4, -0.2) is 22.0 Å². The van der Waals surface area contributed by atoms with E-state index in [2.05, 4.69) is 37.2 Å². The van der Waals surface area contributed by atoms with Gasteiger partial charge in [-0.15, -0.1) is 0 Å². The van der Waals surface area contributed by atoms with Crippen molar-refractivity contribution in [2.24, 2.45) is 0 Å². The van der Waals surface area contributed by atoms with Crippen LogP contribution in [0.3, 0.4) is 0 Å². The van der Waals surface area contributed by atoms with E-state index in [-0.39, 0.29) is 16.4 Å². The lowest BCUT2D eigenvalue weighted by molar-refractivity contribution is -0.122. The van der Waals surface area contributed by atoms with E-state index >= 15 is 0 Å². The number of thiocarbonyl (C=S) groups is 1. The van der Waals surface area contributed by atoms with E-state index in [1.807, 2.05) is 6.07 Å². The van der Waals surface area contributed by atoms with E-state index in [9.17, 15) is 14.7 Å². The average molecular weight is 482 g/mol. The van der Waals surface area contributed by atoms with E-state index in [1.54, 1.807) is 36.4 Å². The van der Waals surface area contributed by atoms with Crippen molar-refractivity contribution in [2.45, 2.75) is 0 Å². The first-order valence-corrected chi connectivity index (χ1v) is 9.02. The number of anilines is 1. The van der Waals surface area contributed by atoms with Crippen molar-refractivity contribution >= 4 is 72.8 Å². The molecule has 8 heteroatoms. The summed E-state index contributed by atoms with van der Waals surface area (Å²) >= 11 is 11.6. The Morgan fingerprint density at radius 2 is 1.68 bits per heavy atom. The topological polar surface area (TPSA) is 69.6 Å². The Bertz CT molecular complexity index is 906. The molecule has 2 N–H and O–H groups in total. The molecular weight excluding hydrogens is 472 g/mol. The number of hydrogen-bond acceptors (Lipinski definition) is 4. The number of phenolic OH excluding ortho intramolecular Hbond substituents is 1. The minimum absolute atomic E-state index is 0.0337. The first kappa shape index (κ1) is 17.8. The molecule has 3 rings (SSSR count). The van der Waals surface area contributed by atoms with Crippen molar-refractivity contribution in [1.29, 1.82) is 0 Å². The van der Waals surface area contributed by atoms with Crippen molar-refractivity contribution in [3.05, 3.63) is 62.5 Å². The molecule has 2 aromatic rings. The number of aromatic hydroxyl groups is 1. The summed E-state index contributed by atoms with van der Waals surface area (Å²) in [5, 5.41) is 12.3. The Hall–Kier alpha value is -2.03. The molecule has 2 amide bonds. The molecule has 0 aliphatic carbocycles. The van der Waals surface area contributed by atoms with Crippen molar-refractivity contribution in [2.75, 3.05) is 4.90 Å². The molecule has 25 heavy (non-hydrogen) atoms. The summed E-state index contributed by atoms with van der Waals surface area (Å²) < 4.78 is 0.876. The highest BCUT2D eigenvalue weighted by atomic mass is 79.9. The zero-order valence-corrected chi connectivity index (χ0v) is 16.5. The lowest BCUT2D eigenvalue weighted by Gasteiger charge is -2.28. The van der Waals surface area contributed by atoms with Gasteiger partial charge in [-0.25, -0.2) is 0 Å². The summed E-state index contributed by atoms with van der Waals surface area (Å²) in [7, 11) is 0. The van der Waals surface area contributed by atoms with Crippen LogP contribution >= 0.6 is 44.1 Å². The monoisotopic (exact) mass is 480 g/mol. The quantitative estimate of drug-likeness (QED) is 0.389. The number of nitrogens with one attached hydrogen (secondary N) is 1. The molecule has 0 atom stereocenters. The predicted octanol–water partition coefficient (Wildman–Crippen LogP) is 3.75. The van der Waals surface area contributed by atoms with Crippen molar-refractivity contribution in [3.63, 3.8) is 0 Å². The molecule has 0 saturated carbocycles. The molecule has 1 aliphatic rings. The van der Waals surface area contributed by atoms with Crippen molar-refractivity contribution in [3.8, 4) is 5.75 Å². The maximum atomic E-state index is 12.8. The van der Waals surface area contributed by atoms with Gasteiger partial charge in [0.2, 0.25) is 0 Å². The van der Waals surface area contributed by atoms with Crippen LogP contribution in [0.15, 0.2) is 57.0 Å². The molecule has 1 aliphatic heterocycles. The Morgan fingerprint density at radius 3 is 2.28 bits per heavy atom. The highest BCUT2D eigenvalue weighted by molar-refractivity contribution is 9.11. The normalized spacial score (nSPS) is 16.3. The molecule has 1 fully saturated rings. The first-order valence-electron chi connectivity index (χ1n) is 7.03. The van der Waals surface area contributed by atoms with Crippen LogP contribution in [-0.2, 0) is 9.59 Å². The number of amides is 2. The zero-order chi connectivity index (χ0) is 18.1. The van der Waals surface area contributed by atoms with Gasteiger partial charge in [-0.2, -0.15) is 0 Å². The van der Waals surface area contributed by atoms with Crippen LogP contribution in [0.1, 0.15) is 5.56 Å². The first-order chi connectivity index (χ1) is 11.9. The fraction of sp³-hybridized carbons (Fsp3) is 0. The van der Waals surface area contributed by atoms with Gasteiger partial charge in [0.15, 0.2) is 5.11 Å². The molecule has 0 aromatic heterocycles. The summed E-state index contributed by atoms with van der Waals surface area (Å²) in [6.07, 6.45) is 1.45. The highest BCUT2D eigenvalue weighted by Gasteiger charge is 2.34. The van der Waals surface area contributed by atoms with Crippen molar-refractivity contribution < 1.29 is 14.7 Å². The largest absolute Gasteiger partial charge is 0.506 e. The molecule has 0 unspecified atom stereocenters. The number of hydrogen-bond donors (Lipinski definition) is 2. The van der Waals surface area contributed by atoms with E-state index in [0.717, 1.165) is 0 Å². The minimum Gasteiger partial charge on any atom is -0.506 e. The van der Waals surface area contributed by atoms with Gasteiger partial charge in [-0.05, 0) is 80.0 Å². The van der Waals surface area contributed by atoms with Crippen LogP contribution in [0.5, 0.6) is 5.75 Å². The summed E-state index contributed by atoms with van der Waals surface area (Å²) in [4.78, 5) is 26.3. The molecule has 2 aromatic carbocycles. The lowest BCUT2D eigenvalue weighted by atomic mass is 10.1. The molecule has 5 nitrogen and oxygen atoms in total. The maximum Gasteiger partial charge on any atom is 0.270 e. The zero-order valence-electron chi connectivity index (χ0n) is 12.5. The fourth-order valence-electron chi connectivity index (χ4n) is 2.30. The molecule has 126 valence electrons. The van der Waals surface area contributed by atoms with Gasteiger partial charge in [-0.1, -0.05) is 18.2 Å². The number of carbonyl (C=O) groups is 2. The van der Waals surface area contributed by atoms with Gasteiger partial charge in [-0.3, -0.25) is 19.8 Å². The van der Waals surface area contributed by atoms with Gasteiger partial charge < -0.3 is 5.11 Å². The molecule has 0 bridgehead atoms. The van der Waals surface area contributed by atoms with Crippen molar-refractivity contribution in [1.82, 2.24) is 5.32 Å². The van der Waals surface area contributed by atoms with Crippen LogP contribution in [0.25, 0.3) is 6.08 Å². The van der Waals surface area contributed by atoms with Gasteiger partial charge in [0.25, 0.3) is 11.8 Å². The second-order valence-corrected chi connectivity index (χ2v) is 7.22. The summed E-state index contributed by atoms with van der Waals surface area (Å²) in [6, 6.07) is 12.0. The smallest absolute Gasteiger partial charge is 0.270 e. The molecule has 1 saturated heterocycles. The van der Waals surface area contributed by atoms with Crippen LogP contribution in [0.4, 0.5) is 5.69 Å². The molecule has 0 spiro atoms. The van der Waals surface area contributed by atoms with Gasteiger partial charge in [0.1, 0.15) is 11.3 Å². The van der Waals surface area contributed by atoms with E-state index in [4.69, 9.17) is 12.2 Å². The highest BCUT2D eigenvalue weighted by Crippen LogP contribution is 2.34. The summed E-state index contributed by atoms with van der Waals surface area (Å²) in [5.74, 6) is -1.04. The predicted molar refractivity (Wildman–Crippen MR) is 106 cm³/mol. The number of halogens is 2. The maximum absolute atomic E-state index is 12.8. The van der Waals surface area contributed by atoms with Gasteiger partial charge in [0, 0.05) is 0 Å². The van der Waals surface area contributed by atoms with E-state index < -0.39 is 11.8 Å². The lowest BCUT2D eigenvalue weighted by Crippen LogP contribution is -2.54. The standard InChI is InChI=1S/C17H10Br2N2O3S/c18-12-7-9(8-13(19)14(12)22)6-11-15(23)20-17(25)21(16(11)24)10-4-2-1-3-5-10/h1-8,22H,(H,20,23,25)/b11-6+. The number of nitrogens with zero attached hydrogens (tertiary/aromatic N) is 1. The van der Waals surface area contributed by atoms with Crippen LogP contribution in [0, 0.1) is 0 Å². The average Bonchev–Trinajstić information content (AvgIpc) is 2.57. The summed E-state index contributed by atoms with van der Waals surface area (Å²) in [6.45, 7) is 0. The number of para-hydroxylation sites is 1. The fourth-order valence-corrected chi connectivity index (χ4v) is 3.81. The molecular formula is C17H10Br2N2O3S. The third kappa shape index (κ3) is 3.51. The SMILES string of the molecule is O=C1NC(=S)N(c2ccccc2)C(=O)/C1=C/c1cc(Br)c(O)c(Br)c1. The Balaban J connectivity index is 2.05. The van der Waals surface area contributed by atoms with Crippen LogP contribution in [0.2, 0.25) is 0 Å². The second-order valence-electron chi connectivity index (χ2n) is 5.13. The second kappa shape index (κ2) is 7.07. The van der Waals surface area contributed by atoms with E-state index in [1.165, 1.54) is 11.0 Å². The Morgan fingerprint density at radius 1 is 1.08 bits per heavy atom. The third-order valence-corrected chi connectivity index (χ3v) is 4.96. The van der Waals surface area contributed by atoms with Gasteiger partial charge in [0.05, 0.1) is 14.6 Å². The Kier molecular flexibility index (Phi) is 5.03. The minimum atomic E-state index is -0.567. The van der Waals surface area contributed by atoms with E-state index in [0.29, 0.717) is 20.2 Å².